The molecule has 3 unspecified atom stereocenters. The second kappa shape index (κ2) is 6.75. The van der Waals surface area contributed by atoms with Crippen LogP contribution < -0.4 is 5.32 Å². The number of nitrogens with one attached hydrogen (secondary N) is 1. The summed E-state index contributed by atoms with van der Waals surface area (Å²) >= 11 is 0. The summed E-state index contributed by atoms with van der Waals surface area (Å²) < 4.78 is 0. The van der Waals surface area contributed by atoms with E-state index in [2.05, 4.69) is 57.7 Å². The SMILES string of the molecule is O=C(O)C1CC1c1cnc(NC2CCc3c(-c4ccccc4)cccc32)cn1. The first-order valence-electron chi connectivity index (χ1n) is 9.69. The van der Waals surface area contributed by atoms with Crippen molar-refractivity contribution in [2.75, 3.05) is 5.32 Å². The summed E-state index contributed by atoms with van der Waals surface area (Å²) in [4.78, 5) is 20.0. The molecule has 0 saturated heterocycles. The van der Waals surface area contributed by atoms with E-state index in [1.54, 1.807) is 12.4 Å². The Morgan fingerprint density at radius 1 is 1.04 bits per heavy atom. The summed E-state index contributed by atoms with van der Waals surface area (Å²) in [5.41, 5.74) is 6.05. The van der Waals surface area contributed by atoms with Crippen LogP contribution >= 0.6 is 0 Å². The van der Waals surface area contributed by atoms with Gasteiger partial charge in [0.2, 0.25) is 0 Å². The molecule has 0 aliphatic heterocycles. The molecule has 2 aliphatic rings. The molecule has 2 aliphatic carbocycles. The molecule has 5 nitrogen and oxygen atoms in total. The second-order valence-corrected chi connectivity index (χ2v) is 7.59. The molecule has 0 bridgehead atoms. The third-order valence-corrected chi connectivity index (χ3v) is 5.84. The maximum absolute atomic E-state index is 11.0. The topological polar surface area (TPSA) is 75.1 Å². The summed E-state index contributed by atoms with van der Waals surface area (Å²) in [6.07, 6.45) is 6.16. The Morgan fingerprint density at radius 3 is 2.61 bits per heavy atom. The normalized spacial score (nSPS) is 22.5. The van der Waals surface area contributed by atoms with Gasteiger partial charge in [-0.2, -0.15) is 0 Å². The zero-order valence-electron chi connectivity index (χ0n) is 15.4. The highest BCUT2D eigenvalue weighted by atomic mass is 16.4. The van der Waals surface area contributed by atoms with Crippen molar-refractivity contribution >= 4 is 11.8 Å². The quantitative estimate of drug-likeness (QED) is 0.694. The molecular formula is C23H21N3O2. The minimum atomic E-state index is -0.745. The molecule has 140 valence electrons. The predicted molar refractivity (Wildman–Crippen MR) is 107 cm³/mol. The molecule has 5 rings (SSSR count). The van der Waals surface area contributed by atoms with E-state index >= 15 is 0 Å². The molecule has 28 heavy (non-hydrogen) atoms. The van der Waals surface area contributed by atoms with Gasteiger partial charge in [0, 0.05) is 5.92 Å². The number of carbonyl (C=O) groups is 1. The van der Waals surface area contributed by atoms with E-state index in [4.69, 9.17) is 5.11 Å². The van der Waals surface area contributed by atoms with Gasteiger partial charge < -0.3 is 10.4 Å². The van der Waals surface area contributed by atoms with Crippen LogP contribution in [0.15, 0.2) is 60.9 Å². The number of carboxylic acid groups (broad SMARTS) is 1. The van der Waals surface area contributed by atoms with Crippen LogP contribution in [0.2, 0.25) is 0 Å². The minimum absolute atomic E-state index is 0.0136. The minimum Gasteiger partial charge on any atom is -0.481 e. The number of anilines is 1. The van der Waals surface area contributed by atoms with Crippen molar-refractivity contribution in [2.45, 2.75) is 31.2 Å². The highest BCUT2D eigenvalue weighted by molar-refractivity contribution is 5.75. The standard InChI is InChI=1S/C23H21N3O2/c27-23(28)19-11-18(19)21-12-25-22(13-24-21)26-20-10-9-16-15(7-4-8-17(16)20)14-5-2-1-3-6-14/h1-8,12-13,18-20H,9-11H2,(H,25,26)(H,27,28). The maximum Gasteiger partial charge on any atom is 0.307 e. The van der Waals surface area contributed by atoms with Gasteiger partial charge in [-0.15, -0.1) is 0 Å². The number of fused-ring (bicyclic) bond motifs is 1. The summed E-state index contributed by atoms with van der Waals surface area (Å²) in [6, 6.07) is 17.2. The van der Waals surface area contributed by atoms with Gasteiger partial charge in [0.15, 0.2) is 0 Å². The lowest BCUT2D eigenvalue weighted by Gasteiger charge is -2.16. The summed E-state index contributed by atoms with van der Waals surface area (Å²) in [7, 11) is 0. The number of carboxylic acids is 1. The summed E-state index contributed by atoms with van der Waals surface area (Å²) in [5, 5.41) is 12.6. The van der Waals surface area contributed by atoms with E-state index < -0.39 is 5.97 Å². The van der Waals surface area contributed by atoms with Crippen molar-refractivity contribution in [3.8, 4) is 11.1 Å². The van der Waals surface area contributed by atoms with Crippen molar-refractivity contribution in [1.82, 2.24) is 9.97 Å². The lowest BCUT2D eigenvalue weighted by molar-refractivity contribution is -0.138. The van der Waals surface area contributed by atoms with Gasteiger partial charge in [-0.3, -0.25) is 9.78 Å². The zero-order valence-corrected chi connectivity index (χ0v) is 15.4. The van der Waals surface area contributed by atoms with Crippen molar-refractivity contribution in [1.29, 1.82) is 0 Å². The monoisotopic (exact) mass is 371 g/mol. The predicted octanol–water partition coefficient (Wildman–Crippen LogP) is 4.43. The van der Waals surface area contributed by atoms with Crippen molar-refractivity contribution in [2.24, 2.45) is 5.92 Å². The molecule has 1 saturated carbocycles. The van der Waals surface area contributed by atoms with Gasteiger partial charge in [0.25, 0.3) is 0 Å². The van der Waals surface area contributed by atoms with Gasteiger partial charge in [0.1, 0.15) is 5.82 Å². The molecule has 3 aromatic rings. The van der Waals surface area contributed by atoms with Crippen LogP contribution in [0.1, 0.15) is 41.6 Å². The Labute approximate surface area is 163 Å². The van der Waals surface area contributed by atoms with E-state index in [1.807, 2.05) is 6.07 Å². The average Bonchev–Trinajstić information content (AvgIpc) is 3.44. The van der Waals surface area contributed by atoms with Gasteiger partial charge in [-0.05, 0) is 41.5 Å². The molecule has 5 heteroatoms. The molecule has 2 aromatic carbocycles. The second-order valence-electron chi connectivity index (χ2n) is 7.59. The summed E-state index contributed by atoms with van der Waals surface area (Å²) in [6.45, 7) is 0. The van der Waals surface area contributed by atoms with E-state index in [0.29, 0.717) is 6.42 Å². The summed E-state index contributed by atoms with van der Waals surface area (Å²) in [5.74, 6) is -0.295. The zero-order chi connectivity index (χ0) is 19.1. The highest BCUT2D eigenvalue weighted by Gasteiger charge is 2.45. The molecule has 1 fully saturated rings. The molecule has 0 radical (unpaired) electrons. The van der Waals surface area contributed by atoms with E-state index in [0.717, 1.165) is 24.4 Å². The molecule has 1 aromatic heterocycles. The fraction of sp³-hybridized carbons (Fsp3) is 0.261. The van der Waals surface area contributed by atoms with Crippen LogP contribution in [0.3, 0.4) is 0 Å². The Kier molecular flexibility index (Phi) is 4.08. The lowest BCUT2D eigenvalue weighted by Crippen LogP contribution is -2.09. The van der Waals surface area contributed by atoms with Crippen LogP contribution in [0, 0.1) is 5.92 Å². The number of aromatic nitrogens is 2. The van der Waals surface area contributed by atoms with Gasteiger partial charge in [-0.25, -0.2) is 4.98 Å². The number of benzene rings is 2. The van der Waals surface area contributed by atoms with Gasteiger partial charge >= 0.3 is 5.97 Å². The van der Waals surface area contributed by atoms with Crippen LogP contribution in [-0.4, -0.2) is 21.0 Å². The molecule has 2 N–H and O–H groups in total. The molecule has 1 heterocycles. The van der Waals surface area contributed by atoms with Gasteiger partial charge in [0.05, 0.1) is 30.0 Å². The van der Waals surface area contributed by atoms with E-state index in [1.165, 1.54) is 22.3 Å². The Balaban J connectivity index is 1.34. The lowest BCUT2D eigenvalue weighted by atomic mass is 9.96. The van der Waals surface area contributed by atoms with E-state index in [9.17, 15) is 4.79 Å². The number of aliphatic carboxylic acids is 1. The maximum atomic E-state index is 11.0. The third-order valence-electron chi connectivity index (χ3n) is 5.84. The average molecular weight is 371 g/mol. The molecular weight excluding hydrogens is 350 g/mol. The fourth-order valence-electron chi connectivity index (χ4n) is 4.27. The van der Waals surface area contributed by atoms with Crippen LogP contribution in [0.5, 0.6) is 0 Å². The van der Waals surface area contributed by atoms with Gasteiger partial charge in [-0.1, -0.05) is 48.5 Å². The first-order valence-corrected chi connectivity index (χ1v) is 9.69. The number of hydrogen-bond acceptors (Lipinski definition) is 4. The number of nitrogens with zero attached hydrogens (tertiary/aromatic N) is 2. The molecule has 0 spiro atoms. The molecule has 0 amide bonds. The van der Waals surface area contributed by atoms with Crippen LogP contribution in [0.25, 0.3) is 11.1 Å². The van der Waals surface area contributed by atoms with Crippen molar-refractivity contribution in [3.05, 3.63) is 77.7 Å². The van der Waals surface area contributed by atoms with Crippen molar-refractivity contribution in [3.63, 3.8) is 0 Å². The van der Waals surface area contributed by atoms with E-state index in [-0.39, 0.29) is 17.9 Å². The Morgan fingerprint density at radius 2 is 1.89 bits per heavy atom. The third kappa shape index (κ3) is 3.03. The number of hydrogen-bond donors (Lipinski definition) is 2. The smallest absolute Gasteiger partial charge is 0.307 e. The Hall–Kier alpha value is -3.21. The Bertz CT molecular complexity index is 1020. The highest BCUT2D eigenvalue weighted by Crippen LogP contribution is 2.46. The number of rotatable bonds is 5. The first-order chi connectivity index (χ1) is 13.7. The van der Waals surface area contributed by atoms with Crippen molar-refractivity contribution < 1.29 is 9.90 Å². The fourth-order valence-corrected chi connectivity index (χ4v) is 4.27. The first kappa shape index (κ1) is 16.9. The van der Waals surface area contributed by atoms with Crippen LogP contribution in [0.4, 0.5) is 5.82 Å². The largest absolute Gasteiger partial charge is 0.481 e. The molecule has 3 atom stereocenters. The van der Waals surface area contributed by atoms with Crippen LogP contribution in [-0.2, 0) is 11.2 Å².